The van der Waals surface area contributed by atoms with Crippen LogP contribution in [0.2, 0.25) is 0 Å². The number of rotatable bonds is 5. The molecule has 3 rings (SSSR count). The highest BCUT2D eigenvalue weighted by molar-refractivity contribution is 5.39. The summed E-state index contributed by atoms with van der Waals surface area (Å²) in [5.74, 6) is 0.0390. The Kier molecular flexibility index (Phi) is 5.05. The Morgan fingerprint density at radius 2 is 2.04 bits per heavy atom. The third-order valence-corrected chi connectivity index (χ3v) is 4.31. The smallest absolute Gasteiger partial charge is 0.351 e. The lowest BCUT2D eigenvalue weighted by Gasteiger charge is -2.18. The third-order valence-electron chi connectivity index (χ3n) is 4.31. The van der Waals surface area contributed by atoms with E-state index in [-0.39, 0.29) is 18.3 Å². The van der Waals surface area contributed by atoms with Crippen LogP contribution in [0.3, 0.4) is 0 Å². The van der Waals surface area contributed by atoms with Crippen molar-refractivity contribution in [3.63, 3.8) is 0 Å². The molecule has 0 aromatic carbocycles. The van der Waals surface area contributed by atoms with Crippen molar-refractivity contribution in [2.45, 2.75) is 50.8 Å². The first-order valence-corrected chi connectivity index (χ1v) is 8.22. The summed E-state index contributed by atoms with van der Waals surface area (Å²) in [5.41, 5.74) is 6.25. The van der Waals surface area contributed by atoms with Crippen LogP contribution in [0.25, 0.3) is 0 Å². The van der Waals surface area contributed by atoms with Gasteiger partial charge in [-0.2, -0.15) is 4.98 Å². The lowest BCUT2D eigenvalue weighted by Crippen LogP contribution is -2.36. The fourth-order valence-corrected chi connectivity index (χ4v) is 2.79. The van der Waals surface area contributed by atoms with Crippen molar-refractivity contribution in [2.75, 3.05) is 12.3 Å². The number of anilines is 1. The van der Waals surface area contributed by atoms with Crippen molar-refractivity contribution in [3.8, 4) is 0 Å². The van der Waals surface area contributed by atoms with Crippen LogP contribution in [0.1, 0.15) is 37.4 Å². The zero-order chi connectivity index (χ0) is 19.0. The van der Waals surface area contributed by atoms with Gasteiger partial charge in [0.1, 0.15) is 24.1 Å². The third kappa shape index (κ3) is 3.33. The second-order valence-corrected chi connectivity index (χ2v) is 6.53. The van der Waals surface area contributed by atoms with Gasteiger partial charge in [-0.25, -0.2) is 9.48 Å². The highest BCUT2D eigenvalue weighted by Gasteiger charge is 2.43. The maximum absolute atomic E-state index is 12.2. The van der Waals surface area contributed by atoms with Crippen LogP contribution in [0.4, 0.5) is 5.82 Å². The van der Waals surface area contributed by atoms with Crippen LogP contribution in [-0.4, -0.2) is 64.8 Å². The van der Waals surface area contributed by atoms with E-state index in [9.17, 15) is 20.1 Å². The first-order chi connectivity index (χ1) is 12.3. The quantitative estimate of drug-likeness (QED) is 0.478. The van der Waals surface area contributed by atoms with Crippen molar-refractivity contribution in [1.29, 1.82) is 0 Å². The number of nitrogens with zero attached hydrogens (tertiary/aromatic N) is 5. The molecule has 4 atom stereocenters. The lowest BCUT2D eigenvalue weighted by molar-refractivity contribution is -0.0550. The topological polar surface area (TPSA) is 162 Å². The molecule has 1 aliphatic heterocycles. The minimum Gasteiger partial charge on any atom is -0.394 e. The largest absolute Gasteiger partial charge is 0.394 e. The van der Waals surface area contributed by atoms with Gasteiger partial charge in [-0.05, 0) is 13.8 Å². The van der Waals surface area contributed by atoms with E-state index < -0.39 is 36.8 Å². The zero-order valence-corrected chi connectivity index (χ0v) is 14.4. The Hall–Kier alpha value is -2.34. The minimum absolute atomic E-state index is 0.0390. The first-order valence-electron chi connectivity index (χ1n) is 8.22. The SMILES string of the molecule is CC(C)n1cc(Cc2cn(C3OC(CO)C(O)C3O)c(=O)nc2N)nn1. The molecule has 0 amide bonds. The summed E-state index contributed by atoms with van der Waals surface area (Å²) >= 11 is 0. The van der Waals surface area contributed by atoms with Crippen LogP contribution < -0.4 is 11.4 Å². The van der Waals surface area contributed by atoms with E-state index in [1.807, 2.05) is 13.8 Å². The molecule has 0 radical (unpaired) electrons. The fraction of sp³-hybridized carbons (Fsp3) is 0.600. The van der Waals surface area contributed by atoms with Gasteiger partial charge in [0.05, 0.1) is 12.3 Å². The highest BCUT2D eigenvalue weighted by atomic mass is 16.6. The summed E-state index contributed by atoms with van der Waals surface area (Å²) in [6, 6.07) is 0.152. The van der Waals surface area contributed by atoms with Crippen molar-refractivity contribution in [1.82, 2.24) is 24.5 Å². The second kappa shape index (κ2) is 7.11. The summed E-state index contributed by atoms with van der Waals surface area (Å²) < 4.78 is 8.14. The van der Waals surface area contributed by atoms with Crippen LogP contribution in [0, 0.1) is 0 Å². The molecule has 2 aromatic heterocycles. The first kappa shape index (κ1) is 18.5. The molecule has 142 valence electrons. The summed E-state index contributed by atoms with van der Waals surface area (Å²) in [4.78, 5) is 15.9. The van der Waals surface area contributed by atoms with E-state index in [4.69, 9.17) is 10.5 Å². The van der Waals surface area contributed by atoms with E-state index in [0.29, 0.717) is 11.3 Å². The number of nitrogens with two attached hydrogens (primary N) is 1. The molecule has 0 aliphatic carbocycles. The Morgan fingerprint density at radius 3 is 2.62 bits per heavy atom. The van der Waals surface area contributed by atoms with E-state index in [0.717, 1.165) is 4.57 Å². The van der Waals surface area contributed by atoms with E-state index in [1.165, 1.54) is 6.20 Å². The van der Waals surface area contributed by atoms with Gasteiger partial charge in [-0.3, -0.25) is 4.57 Å². The average Bonchev–Trinajstić information content (AvgIpc) is 3.17. The van der Waals surface area contributed by atoms with E-state index in [1.54, 1.807) is 10.9 Å². The van der Waals surface area contributed by atoms with Gasteiger partial charge in [0.2, 0.25) is 0 Å². The fourth-order valence-electron chi connectivity index (χ4n) is 2.79. The standard InChI is InChI=1S/C15H22N6O5/c1-7(2)21-5-9(18-19-21)3-8-4-20(15(25)17-13(8)16)14-12(24)11(23)10(6-22)26-14/h4-5,7,10-12,14,22-24H,3,6H2,1-2H3,(H2,16,17,25). The Bertz CT molecular complexity index is 834. The van der Waals surface area contributed by atoms with Gasteiger partial charge in [0, 0.05) is 30.4 Å². The summed E-state index contributed by atoms with van der Waals surface area (Å²) in [5, 5.41) is 37.3. The molecule has 4 unspecified atom stereocenters. The number of nitrogen functional groups attached to an aromatic ring is 1. The molecule has 26 heavy (non-hydrogen) atoms. The van der Waals surface area contributed by atoms with Gasteiger partial charge in [0.15, 0.2) is 6.23 Å². The van der Waals surface area contributed by atoms with Crippen LogP contribution in [-0.2, 0) is 11.2 Å². The molecule has 3 heterocycles. The molecule has 5 N–H and O–H groups in total. The molecule has 1 saturated heterocycles. The minimum atomic E-state index is -1.38. The van der Waals surface area contributed by atoms with Gasteiger partial charge in [-0.1, -0.05) is 5.21 Å². The summed E-state index contributed by atoms with van der Waals surface area (Å²) in [6.07, 6.45) is -1.40. The van der Waals surface area contributed by atoms with Crippen molar-refractivity contribution < 1.29 is 20.1 Å². The normalized spacial score (nSPS) is 25.9. The Morgan fingerprint density at radius 1 is 1.31 bits per heavy atom. The predicted molar refractivity (Wildman–Crippen MR) is 89.1 cm³/mol. The van der Waals surface area contributed by atoms with Crippen LogP contribution >= 0.6 is 0 Å². The molecular weight excluding hydrogens is 344 g/mol. The van der Waals surface area contributed by atoms with Gasteiger partial charge in [0.25, 0.3) is 0 Å². The number of ether oxygens (including phenoxy) is 1. The number of hydrogen-bond acceptors (Lipinski definition) is 9. The zero-order valence-electron chi connectivity index (χ0n) is 14.4. The maximum Gasteiger partial charge on any atom is 0.351 e. The number of aliphatic hydroxyl groups is 3. The molecular formula is C15H22N6O5. The van der Waals surface area contributed by atoms with E-state index >= 15 is 0 Å². The van der Waals surface area contributed by atoms with Crippen molar-refractivity contribution in [2.24, 2.45) is 0 Å². The number of aliphatic hydroxyl groups excluding tert-OH is 3. The molecule has 1 fully saturated rings. The van der Waals surface area contributed by atoms with Gasteiger partial charge >= 0.3 is 5.69 Å². The van der Waals surface area contributed by atoms with Crippen LogP contribution in [0.5, 0.6) is 0 Å². The molecule has 0 bridgehead atoms. The maximum atomic E-state index is 12.2. The Balaban J connectivity index is 1.91. The average molecular weight is 366 g/mol. The monoisotopic (exact) mass is 366 g/mol. The predicted octanol–water partition coefficient (Wildman–Crippen LogP) is -1.80. The highest BCUT2D eigenvalue weighted by Crippen LogP contribution is 2.28. The molecule has 0 saturated carbocycles. The molecule has 2 aromatic rings. The lowest BCUT2D eigenvalue weighted by atomic mass is 10.1. The van der Waals surface area contributed by atoms with E-state index in [2.05, 4.69) is 15.3 Å². The van der Waals surface area contributed by atoms with Gasteiger partial charge in [-0.15, -0.1) is 5.10 Å². The van der Waals surface area contributed by atoms with Crippen molar-refractivity contribution >= 4 is 5.82 Å². The molecule has 11 nitrogen and oxygen atoms in total. The number of aromatic nitrogens is 5. The van der Waals surface area contributed by atoms with Gasteiger partial charge < -0.3 is 25.8 Å². The molecule has 1 aliphatic rings. The summed E-state index contributed by atoms with van der Waals surface area (Å²) in [6.45, 7) is 3.45. The Labute approximate surface area is 148 Å². The summed E-state index contributed by atoms with van der Waals surface area (Å²) in [7, 11) is 0. The second-order valence-electron chi connectivity index (χ2n) is 6.53. The number of hydrogen-bond donors (Lipinski definition) is 4. The van der Waals surface area contributed by atoms with Crippen LogP contribution in [0.15, 0.2) is 17.2 Å². The molecule has 0 spiro atoms. The van der Waals surface area contributed by atoms with Crippen molar-refractivity contribution in [3.05, 3.63) is 34.1 Å². The molecule has 11 heteroatoms.